The fraction of sp³-hybridized carbons (Fsp3) is 0.417. The second-order valence-corrected chi connectivity index (χ2v) is 4.44. The third-order valence-corrected chi connectivity index (χ3v) is 2.85. The van der Waals surface area contributed by atoms with E-state index in [1.807, 2.05) is 0 Å². The van der Waals surface area contributed by atoms with Crippen LogP contribution in [0.3, 0.4) is 0 Å². The van der Waals surface area contributed by atoms with Gasteiger partial charge in [0.15, 0.2) is 0 Å². The van der Waals surface area contributed by atoms with E-state index in [1.54, 1.807) is 16.9 Å². The average molecular weight is 221 g/mol. The van der Waals surface area contributed by atoms with Gasteiger partial charge in [0, 0.05) is 11.4 Å². The minimum absolute atomic E-state index is 0.0337. The van der Waals surface area contributed by atoms with E-state index in [4.69, 9.17) is 5.73 Å². The summed E-state index contributed by atoms with van der Waals surface area (Å²) >= 11 is 0. The van der Waals surface area contributed by atoms with Crippen LogP contribution >= 0.6 is 0 Å². The van der Waals surface area contributed by atoms with Crippen molar-refractivity contribution in [2.45, 2.75) is 26.4 Å². The molecular weight excluding hydrogens is 205 g/mol. The van der Waals surface area contributed by atoms with E-state index in [1.165, 1.54) is 12.1 Å². The lowest BCUT2D eigenvalue weighted by Gasteiger charge is -2.15. The lowest BCUT2D eigenvalue weighted by Crippen LogP contribution is -2.31. The summed E-state index contributed by atoms with van der Waals surface area (Å²) in [5.41, 5.74) is 6.78. The van der Waals surface area contributed by atoms with E-state index in [0.717, 1.165) is 10.9 Å². The van der Waals surface area contributed by atoms with Crippen LogP contribution < -0.4 is 5.73 Å². The Hall–Kier alpha value is -1.42. The second kappa shape index (κ2) is 4.22. The van der Waals surface area contributed by atoms with Crippen LogP contribution in [-0.4, -0.2) is 15.8 Å². The molecule has 0 unspecified atom stereocenters. The van der Waals surface area contributed by atoms with Crippen molar-refractivity contribution in [3.05, 3.63) is 30.2 Å². The molecule has 1 heterocycles. The predicted octanol–water partition coefficient (Wildman–Crippen LogP) is 2.16. The monoisotopic (exact) mass is 221 g/mol. The van der Waals surface area contributed by atoms with Crippen molar-refractivity contribution in [2.24, 2.45) is 11.7 Å². The Morgan fingerprint density at radius 2 is 2.19 bits per heavy atom. The van der Waals surface area contributed by atoms with Crippen molar-refractivity contribution in [2.75, 3.05) is 0 Å². The molecule has 2 aromatic rings. The van der Waals surface area contributed by atoms with Crippen molar-refractivity contribution < 1.29 is 4.39 Å². The Balaban J connectivity index is 2.34. The molecule has 4 heteroatoms. The molecule has 1 atom stereocenters. The molecule has 1 aromatic heterocycles. The van der Waals surface area contributed by atoms with Crippen LogP contribution in [0.5, 0.6) is 0 Å². The van der Waals surface area contributed by atoms with E-state index >= 15 is 0 Å². The maximum Gasteiger partial charge on any atom is 0.125 e. The van der Waals surface area contributed by atoms with Gasteiger partial charge < -0.3 is 5.73 Å². The molecule has 86 valence electrons. The Labute approximate surface area is 94.1 Å². The number of rotatable bonds is 3. The molecular formula is C12H16FN3. The zero-order valence-corrected chi connectivity index (χ0v) is 9.52. The molecule has 16 heavy (non-hydrogen) atoms. The third-order valence-electron chi connectivity index (χ3n) is 2.85. The van der Waals surface area contributed by atoms with Crippen molar-refractivity contribution in [1.29, 1.82) is 0 Å². The summed E-state index contributed by atoms with van der Waals surface area (Å²) in [7, 11) is 0. The fourth-order valence-corrected chi connectivity index (χ4v) is 1.60. The average Bonchev–Trinajstić information content (AvgIpc) is 2.61. The molecule has 0 bridgehead atoms. The lowest BCUT2D eigenvalue weighted by molar-refractivity contribution is 0.419. The number of hydrogen-bond acceptors (Lipinski definition) is 2. The van der Waals surface area contributed by atoms with Crippen LogP contribution in [0.4, 0.5) is 4.39 Å². The first-order valence-electron chi connectivity index (χ1n) is 5.44. The minimum atomic E-state index is -0.243. The van der Waals surface area contributed by atoms with Gasteiger partial charge in [-0.25, -0.2) is 4.39 Å². The zero-order chi connectivity index (χ0) is 11.7. The van der Waals surface area contributed by atoms with Crippen LogP contribution in [-0.2, 0) is 6.54 Å². The quantitative estimate of drug-likeness (QED) is 0.863. The van der Waals surface area contributed by atoms with Gasteiger partial charge >= 0.3 is 0 Å². The molecule has 0 saturated heterocycles. The summed E-state index contributed by atoms with van der Waals surface area (Å²) in [6, 6.07) is 4.70. The first-order chi connectivity index (χ1) is 7.58. The van der Waals surface area contributed by atoms with Crippen molar-refractivity contribution in [1.82, 2.24) is 9.78 Å². The van der Waals surface area contributed by atoms with Gasteiger partial charge in [-0.05, 0) is 24.1 Å². The molecule has 2 rings (SSSR count). The summed E-state index contributed by atoms with van der Waals surface area (Å²) in [6.07, 6.45) is 1.74. The van der Waals surface area contributed by atoms with E-state index in [0.29, 0.717) is 12.5 Å². The van der Waals surface area contributed by atoms with Crippen LogP contribution in [0.2, 0.25) is 0 Å². The van der Waals surface area contributed by atoms with Gasteiger partial charge in [-0.15, -0.1) is 0 Å². The highest BCUT2D eigenvalue weighted by Crippen LogP contribution is 2.16. The maximum absolute atomic E-state index is 13.1. The molecule has 0 spiro atoms. The SMILES string of the molecule is CC(C)[C@H](N)Cn1ncc2ccc(F)cc21. The Morgan fingerprint density at radius 1 is 1.44 bits per heavy atom. The van der Waals surface area contributed by atoms with Gasteiger partial charge in [-0.1, -0.05) is 13.8 Å². The highest BCUT2D eigenvalue weighted by molar-refractivity contribution is 5.78. The zero-order valence-electron chi connectivity index (χ0n) is 9.52. The summed E-state index contributed by atoms with van der Waals surface area (Å²) in [6.45, 7) is 4.75. The number of benzene rings is 1. The number of aromatic nitrogens is 2. The molecule has 0 aliphatic carbocycles. The van der Waals surface area contributed by atoms with Gasteiger partial charge in [0.1, 0.15) is 5.82 Å². The molecule has 0 fully saturated rings. The molecule has 0 radical (unpaired) electrons. The smallest absolute Gasteiger partial charge is 0.125 e. The Bertz CT molecular complexity index is 490. The highest BCUT2D eigenvalue weighted by Gasteiger charge is 2.11. The minimum Gasteiger partial charge on any atom is -0.326 e. The number of halogens is 1. The second-order valence-electron chi connectivity index (χ2n) is 4.44. The van der Waals surface area contributed by atoms with Crippen LogP contribution in [0, 0.1) is 11.7 Å². The van der Waals surface area contributed by atoms with E-state index in [2.05, 4.69) is 18.9 Å². The van der Waals surface area contributed by atoms with Gasteiger partial charge in [-0.3, -0.25) is 4.68 Å². The van der Waals surface area contributed by atoms with Gasteiger partial charge in [-0.2, -0.15) is 5.10 Å². The Kier molecular flexibility index (Phi) is 2.92. The molecule has 0 aliphatic heterocycles. The Morgan fingerprint density at radius 3 is 2.88 bits per heavy atom. The van der Waals surface area contributed by atoms with Gasteiger partial charge in [0.25, 0.3) is 0 Å². The molecule has 2 N–H and O–H groups in total. The van der Waals surface area contributed by atoms with E-state index in [9.17, 15) is 4.39 Å². The van der Waals surface area contributed by atoms with Crippen molar-refractivity contribution in [3.8, 4) is 0 Å². The van der Waals surface area contributed by atoms with E-state index in [-0.39, 0.29) is 11.9 Å². The largest absolute Gasteiger partial charge is 0.326 e. The van der Waals surface area contributed by atoms with Gasteiger partial charge in [0.2, 0.25) is 0 Å². The normalized spacial score (nSPS) is 13.6. The van der Waals surface area contributed by atoms with Crippen LogP contribution in [0.15, 0.2) is 24.4 Å². The molecule has 3 nitrogen and oxygen atoms in total. The number of nitrogens with two attached hydrogens (primary N) is 1. The van der Waals surface area contributed by atoms with Crippen molar-refractivity contribution in [3.63, 3.8) is 0 Å². The lowest BCUT2D eigenvalue weighted by atomic mass is 10.1. The first-order valence-corrected chi connectivity index (χ1v) is 5.44. The number of hydrogen-bond donors (Lipinski definition) is 1. The summed E-state index contributed by atoms with van der Waals surface area (Å²) in [4.78, 5) is 0. The topological polar surface area (TPSA) is 43.8 Å². The molecule has 0 saturated carbocycles. The van der Waals surface area contributed by atoms with Crippen molar-refractivity contribution >= 4 is 10.9 Å². The summed E-state index contributed by atoms with van der Waals surface area (Å²) in [5.74, 6) is 0.139. The summed E-state index contributed by atoms with van der Waals surface area (Å²) < 4.78 is 14.9. The predicted molar refractivity (Wildman–Crippen MR) is 62.5 cm³/mol. The highest BCUT2D eigenvalue weighted by atomic mass is 19.1. The number of nitrogens with zero attached hydrogens (tertiary/aromatic N) is 2. The van der Waals surface area contributed by atoms with Crippen LogP contribution in [0.25, 0.3) is 10.9 Å². The van der Waals surface area contributed by atoms with Crippen LogP contribution in [0.1, 0.15) is 13.8 Å². The fourth-order valence-electron chi connectivity index (χ4n) is 1.60. The first kappa shape index (κ1) is 11.1. The third kappa shape index (κ3) is 2.07. The number of fused-ring (bicyclic) bond motifs is 1. The van der Waals surface area contributed by atoms with E-state index < -0.39 is 0 Å². The maximum atomic E-state index is 13.1. The summed E-state index contributed by atoms with van der Waals surface area (Å²) in [5, 5.41) is 5.17. The molecule has 0 amide bonds. The molecule has 1 aromatic carbocycles. The molecule has 0 aliphatic rings. The van der Waals surface area contributed by atoms with Gasteiger partial charge in [0.05, 0.1) is 18.3 Å². The standard InChI is InChI=1S/C12H16FN3/c1-8(2)11(14)7-16-12-5-10(13)4-3-9(12)6-15-16/h3-6,8,11H,7,14H2,1-2H3/t11-/m1/s1.